The molecule has 3 rings (SSSR count). The summed E-state index contributed by atoms with van der Waals surface area (Å²) in [4.78, 5) is 25.3. The molecule has 3 aromatic rings. The van der Waals surface area contributed by atoms with Crippen LogP contribution in [0.2, 0.25) is 0 Å². The van der Waals surface area contributed by atoms with Crippen LogP contribution >= 0.6 is 0 Å². The number of nitrogens with zero attached hydrogens (tertiary/aromatic N) is 5. The van der Waals surface area contributed by atoms with Crippen LogP contribution in [0.1, 0.15) is 25.0 Å². The van der Waals surface area contributed by atoms with E-state index < -0.39 is 5.69 Å². The highest BCUT2D eigenvalue weighted by Crippen LogP contribution is 2.27. The van der Waals surface area contributed by atoms with Crippen molar-refractivity contribution < 1.29 is 0 Å². The minimum absolute atomic E-state index is 0.120. The zero-order valence-corrected chi connectivity index (χ0v) is 15.2. The van der Waals surface area contributed by atoms with Gasteiger partial charge in [0.25, 0.3) is 5.95 Å². The van der Waals surface area contributed by atoms with Gasteiger partial charge in [-0.15, -0.1) is 0 Å². The van der Waals surface area contributed by atoms with Gasteiger partial charge < -0.3 is 0 Å². The van der Waals surface area contributed by atoms with Gasteiger partial charge in [0.05, 0.1) is 0 Å². The highest BCUT2D eigenvalue weighted by atomic mass is 16.1. The fourth-order valence-electron chi connectivity index (χ4n) is 2.91. The summed E-state index contributed by atoms with van der Waals surface area (Å²) in [5, 5.41) is 1.23. The van der Waals surface area contributed by atoms with Crippen molar-refractivity contribution in [1.29, 1.82) is 0 Å². The molecule has 0 saturated heterocycles. The molecule has 0 spiro atoms. The first-order valence-electron chi connectivity index (χ1n) is 8.58. The zero-order chi connectivity index (χ0) is 18.7. The number of hydrogen-bond donors (Lipinski definition) is 1. The first kappa shape index (κ1) is 17.8. The number of benzene rings is 1. The van der Waals surface area contributed by atoms with Crippen molar-refractivity contribution in [3.8, 4) is 11.4 Å². The first-order chi connectivity index (χ1) is 12.6. The monoisotopic (exact) mass is 350 g/mol. The topological polar surface area (TPSA) is 89.9 Å². The molecule has 0 fully saturated rings. The maximum Gasteiger partial charge on any atom is 0.352 e. The van der Waals surface area contributed by atoms with Gasteiger partial charge in [-0.1, -0.05) is 38.1 Å². The van der Waals surface area contributed by atoms with Crippen molar-refractivity contribution in [2.45, 2.75) is 26.7 Å². The molecule has 0 aliphatic rings. The Kier molecular flexibility index (Phi) is 5.09. The third-order valence-electron chi connectivity index (χ3n) is 4.34. The maximum absolute atomic E-state index is 12.5. The Morgan fingerprint density at radius 2 is 1.73 bits per heavy atom. The lowest BCUT2D eigenvalue weighted by Crippen LogP contribution is -2.33. The highest BCUT2D eigenvalue weighted by Gasteiger charge is 2.18. The number of aromatic nitrogens is 4. The quantitative estimate of drug-likeness (QED) is 0.561. The first-order valence-corrected chi connectivity index (χ1v) is 8.58. The van der Waals surface area contributed by atoms with E-state index in [2.05, 4.69) is 40.9 Å². The summed E-state index contributed by atoms with van der Waals surface area (Å²) >= 11 is 0. The third kappa shape index (κ3) is 3.21. The second-order valence-corrected chi connectivity index (χ2v) is 5.91. The Bertz CT molecular complexity index is 945. The number of hydrazine groups is 1. The van der Waals surface area contributed by atoms with Crippen LogP contribution in [0.15, 0.2) is 47.4 Å². The number of hydrogen-bond acceptors (Lipinski definition) is 6. The molecule has 134 valence electrons. The minimum atomic E-state index is -0.413. The van der Waals surface area contributed by atoms with Crippen molar-refractivity contribution in [2.75, 3.05) is 5.01 Å². The molecule has 0 radical (unpaired) electrons. The Balaban J connectivity index is 2.22. The number of nitrogens with two attached hydrogens (primary N) is 1. The van der Waals surface area contributed by atoms with Crippen LogP contribution < -0.4 is 16.5 Å². The molecule has 7 nitrogen and oxygen atoms in total. The molecule has 0 aliphatic carbocycles. The summed E-state index contributed by atoms with van der Waals surface area (Å²) in [6.45, 7) is 4.17. The Labute approximate surface area is 152 Å². The van der Waals surface area contributed by atoms with Crippen molar-refractivity contribution >= 4 is 11.8 Å². The second-order valence-electron chi connectivity index (χ2n) is 5.91. The van der Waals surface area contributed by atoms with Crippen molar-refractivity contribution in [3.05, 3.63) is 64.2 Å². The molecule has 0 saturated carbocycles. The predicted octanol–water partition coefficient (Wildman–Crippen LogP) is 2.37. The molecule has 0 unspecified atom stereocenters. The Morgan fingerprint density at radius 1 is 1.04 bits per heavy atom. The summed E-state index contributed by atoms with van der Waals surface area (Å²) in [6.07, 6.45) is 3.30. The average Bonchev–Trinajstić information content (AvgIpc) is 2.69. The normalized spacial score (nSPS) is 10.8. The van der Waals surface area contributed by atoms with Crippen molar-refractivity contribution in [1.82, 2.24) is 19.5 Å². The lowest BCUT2D eigenvalue weighted by molar-refractivity contribution is 0.766. The number of aryl methyl sites for hydroxylation is 2. The molecule has 7 heteroatoms. The molecule has 0 amide bonds. The summed E-state index contributed by atoms with van der Waals surface area (Å²) in [7, 11) is 1.68. The second kappa shape index (κ2) is 7.45. The predicted molar refractivity (Wildman–Crippen MR) is 102 cm³/mol. The van der Waals surface area contributed by atoms with Crippen LogP contribution in [0.5, 0.6) is 0 Å². The van der Waals surface area contributed by atoms with E-state index in [0.29, 0.717) is 11.6 Å². The largest absolute Gasteiger partial charge is 0.352 e. The lowest BCUT2D eigenvalue weighted by atomic mass is 9.97. The van der Waals surface area contributed by atoms with Gasteiger partial charge in [-0.3, -0.25) is 4.57 Å². The number of pyridine rings is 1. The molecule has 2 aromatic heterocycles. The van der Waals surface area contributed by atoms with Crippen molar-refractivity contribution in [3.63, 3.8) is 0 Å². The molecule has 0 atom stereocenters. The third-order valence-corrected chi connectivity index (χ3v) is 4.34. The van der Waals surface area contributed by atoms with E-state index in [9.17, 15) is 4.79 Å². The molecule has 1 aromatic carbocycles. The van der Waals surface area contributed by atoms with Crippen LogP contribution in [0.3, 0.4) is 0 Å². The molecule has 0 aliphatic heterocycles. The summed E-state index contributed by atoms with van der Waals surface area (Å²) in [6, 6.07) is 11.5. The Morgan fingerprint density at radius 3 is 2.31 bits per heavy atom. The lowest BCUT2D eigenvalue weighted by Gasteiger charge is -2.19. The molecule has 0 bridgehead atoms. The van der Waals surface area contributed by atoms with Gasteiger partial charge in [0, 0.05) is 18.8 Å². The summed E-state index contributed by atoms with van der Waals surface area (Å²) < 4.78 is 1.46. The SMILES string of the molecule is CCc1cccc(CC)c1-c1nc(N(N)c2ccccn2)nc(=O)n1C. The maximum atomic E-state index is 12.5. The molecule has 2 N–H and O–H groups in total. The highest BCUT2D eigenvalue weighted by molar-refractivity contribution is 5.67. The van der Waals surface area contributed by atoms with Crippen molar-refractivity contribution in [2.24, 2.45) is 12.9 Å². The van der Waals surface area contributed by atoms with Gasteiger partial charge >= 0.3 is 5.69 Å². The van der Waals surface area contributed by atoms with Crippen LogP contribution in [-0.4, -0.2) is 19.5 Å². The fourth-order valence-corrected chi connectivity index (χ4v) is 2.91. The van der Waals surface area contributed by atoms with Crippen LogP contribution in [0.4, 0.5) is 11.8 Å². The van der Waals surface area contributed by atoms with Gasteiger partial charge in [-0.05, 0) is 36.1 Å². The van der Waals surface area contributed by atoms with E-state index in [-0.39, 0.29) is 5.95 Å². The summed E-state index contributed by atoms with van der Waals surface area (Å²) in [5.74, 6) is 7.26. The number of anilines is 2. The zero-order valence-electron chi connectivity index (χ0n) is 15.2. The van der Waals surface area contributed by atoms with E-state index >= 15 is 0 Å². The van der Waals surface area contributed by atoms with Crippen LogP contribution in [0, 0.1) is 0 Å². The number of rotatable bonds is 5. The van der Waals surface area contributed by atoms with E-state index in [1.54, 1.807) is 25.4 Å². The van der Waals surface area contributed by atoms with E-state index in [0.717, 1.165) is 29.5 Å². The average molecular weight is 350 g/mol. The fraction of sp³-hybridized carbons (Fsp3) is 0.263. The van der Waals surface area contributed by atoms with Crippen LogP contribution in [0.25, 0.3) is 11.4 Å². The molecule has 26 heavy (non-hydrogen) atoms. The van der Waals surface area contributed by atoms with E-state index in [1.165, 1.54) is 9.58 Å². The van der Waals surface area contributed by atoms with Gasteiger partial charge in [-0.2, -0.15) is 9.97 Å². The smallest absolute Gasteiger partial charge is 0.279 e. The van der Waals surface area contributed by atoms with E-state index in [1.807, 2.05) is 12.1 Å². The summed E-state index contributed by atoms with van der Waals surface area (Å²) in [5.41, 5.74) is 2.82. The molecular weight excluding hydrogens is 328 g/mol. The van der Waals surface area contributed by atoms with Crippen LogP contribution in [-0.2, 0) is 19.9 Å². The van der Waals surface area contributed by atoms with Gasteiger partial charge in [0.15, 0.2) is 0 Å². The van der Waals surface area contributed by atoms with Gasteiger partial charge in [0.2, 0.25) is 0 Å². The van der Waals surface area contributed by atoms with Gasteiger partial charge in [-0.25, -0.2) is 20.6 Å². The molecular formula is C19H22N6O. The standard InChI is InChI=1S/C19H22N6O/c1-4-13-9-8-10-14(5-2)16(13)17-22-18(23-19(26)24(17)3)25(20)15-11-6-7-12-21-15/h6-12H,4-5,20H2,1-3H3. The minimum Gasteiger partial charge on any atom is -0.279 e. The Hall–Kier alpha value is -3.06. The van der Waals surface area contributed by atoms with Gasteiger partial charge in [0.1, 0.15) is 11.6 Å². The van der Waals surface area contributed by atoms with E-state index in [4.69, 9.17) is 5.84 Å². The molecule has 2 heterocycles.